The van der Waals surface area contributed by atoms with E-state index in [-0.39, 0.29) is 17.6 Å². The van der Waals surface area contributed by atoms with Crippen LogP contribution in [0.5, 0.6) is 0 Å². The van der Waals surface area contributed by atoms with Crippen LogP contribution in [0.25, 0.3) is 0 Å². The molecule has 1 rings (SSSR count). The first-order chi connectivity index (χ1) is 9.43. The highest BCUT2D eigenvalue weighted by Crippen LogP contribution is 2.09. The van der Waals surface area contributed by atoms with Gasteiger partial charge in [0.05, 0.1) is 11.7 Å². The van der Waals surface area contributed by atoms with Crippen LogP contribution in [0, 0.1) is 0 Å². The molecule has 0 fully saturated rings. The molecular weight excluding hydrogens is 258 g/mol. The molecule has 20 heavy (non-hydrogen) atoms. The van der Waals surface area contributed by atoms with Crippen molar-refractivity contribution in [2.24, 2.45) is 0 Å². The highest BCUT2D eigenvalue weighted by atomic mass is 16.5. The van der Waals surface area contributed by atoms with E-state index in [0.717, 1.165) is 5.56 Å². The van der Waals surface area contributed by atoms with E-state index in [1.807, 2.05) is 6.92 Å². The number of aromatic carboxylic acids is 1. The van der Waals surface area contributed by atoms with E-state index < -0.39 is 5.97 Å². The molecule has 1 amide bonds. The lowest BCUT2D eigenvalue weighted by atomic mass is 10.1. The summed E-state index contributed by atoms with van der Waals surface area (Å²) in [6.07, 6.45) is 1.21. The summed E-state index contributed by atoms with van der Waals surface area (Å²) in [6.45, 7) is 2.40. The second-order valence-corrected chi connectivity index (χ2v) is 4.84. The van der Waals surface area contributed by atoms with Gasteiger partial charge in [-0.05, 0) is 31.0 Å². The first kappa shape index (κ1) is 16.2. The predicted molar refractivity (Wildman–Crippen MR) is 75.6 cm³/mol. The van der Waals surface area contributed by atoms with Crippen LogP contribution >= 0.6 is 0 Å². The average Bonchev–Trinajstić information content (AvgIpc) is 2.44. The van der Waals surface area contributed by atoms with Crippen molar-refractivity contribution in [3.8, 4) is 0 Å². The van der Waals surface area contributed by atoms with Gasteiger partial charge in [0.1, 0.15) is 0 Å². The Kier molecular flexibility index (Phi) is 6.18. The van der Waals surface area contributed by atoms with Gasteiger partial charge in [0.15, 0.2) is 0 Å². The zero-order valence-electron chi connectivity index (χ0n) is 12.1. The number of hydrogen-bond acceptors (Lipinski definition) is 3. The van der Waals surface area contributed by atoms with Crippen molar-refractivity contribution in [1.82, 2.24) is 4.90 Å². The first-order valence-corrected chi connectivity index (χ1v) is 6.53. The number of nitrogens with zero attached hydrogens (tertiary/aromatic N) is 1. The molecule has 0 heterocycles. The van der Waals surface area contributed by atoms with Gasteiger partial charge >= 0.3 is 5.97 Å². The van der Waals surface area contributed by atoms with Crippen molar-refractivity contribution < 1.29 is 19.4 Å². The lowest BCUT2D eigenvalue weighted by Gasteiger charge is -2.18. The highest BCUT2D eigenvalue weighted by molar-refractivity contribution is 5.87. The van der Waals surface area contributed by atoms with Gasteiger partial charge in [-0.3, -0.25) is 4.79 Å². The third-order valence-corrected chi connectivity index (χ3v) is 3.21. The minimum absolute atomic E-state index is 0.0520. The summed E-state index contributed by atoms with van der Waals surface area (Å²) in [5.74, 6) is -0.897. The second kappa shape index (κ2) is 7.65. The number of ether oxygens (including phenoxy) is 1. The lowest BCUT2D eigenvalue weighted by Crippen LogP contribution is -2.26. The number of hydrogen-bond donors (Lipinski definition) is 1. The van der Waals surface area contributed by atoms with Gasteiger partial charge in [-0.25, -0.2) is 4.79 Å². The number of rotatable bonds is 7. The molecule has 1 atom stereocenters. The zero-order chi connectivity index (χ0) is 15.1. The number of methoxy groups -OCH3 is 1. The van der Waals surface area contributed by atoms with Crippen LogP contribution in [-0.4, -0.2) is 42.1 Å². The molecule has 0 spiro atoms. The van der Waals surface area contributed by atoms with Crippen LogP contribution in [0.4, 0.5) is 0 Å². The van der Waals surface area contributed by atoms with Crippen molar-refractivity contribution in [2.75, 3.05) is 14.2 Å². The lowest BCUT2D eigenvalue weighted by molar-refractivity contribution is -0.131. The Hall–Kier alpha value is -1.88. The largest absolute Gasteiger partial charge is 0.478 e. The molecule has 0 aliphatic carbocycles. The van der Waals surface area contributed by atoms with Gasteiger partial charge in [0, 0.05) is 27.1 Å². The Balaban J connectivity index is 2.50. The van der Waals surface area contributed by atoms with Gasteiger partial charge in [-0.2, -0.15) is 0 Å². The monoisotopic (exact) mass is 279 g/mol. The van der Waals surface area contributed by atoms with Crippen molar-refractivity contribution in [3.63, 3.8) is 0 Å². The maximum absolute atomic E-state index is 11.9. The molecule has 0 saturated carbocycles. The van der Waals surface area contributed by atoms with Crippen LogP contribution in [0.2, 0.25) is 0 Å². The summed E-state index contributed by atoms with van der Waals surface area (Å²) >= 11 is 0. The first-order valence-electron chi connectivity index (χ1n) is 6.53. The van der Waals surface area contributed by atoms with E-state index in [9.17, 15) is 9.59 Å². The van der Waals surface area contributed by atoms with E-state index in [1.165, 1.54) is 0 Å². The third-order valence-electron chi connectivity index (χ3n) is 3.21. The summed E-state index contributed by atoms with van der Waals surface area (Å²) in [7, 11) is 3.37. The summed E-state index contributed by atoms with van der Waals surface area (Å²) in [4.78, 5) is 24.3. The average molecular weight is 279 g/mol. The molecule has 0 aliphatic rings. The van der Waals surface area contributed by atoms with E-state index >= 15 is 0 Å². The number of benzene rings is 1. The minimum atomic E-state index is -0.950. The van der Waals surface area contributed by atoms with Crippen LogP contribution in [-0.2, 0) is 16.1 Å². The van der Waals surface area contributed by atoms with Gasteiger partial charge in [0.2, 0.25) is 5.91 Å². The predicted octanol–water partition coefficient (Wildman–Crippen LogP) is 2.16. The standard InChI is InChI=1S/C15H21NO4/c1-11(20-3)4-9-14(17)16(2)10-12-5-7-13(8-6-12)15(18)19/h5-8,11H,4,9-10H2,1-3H3,(H,18,19). The van der Waals surface area contributed by atoms with Crippen LogP contribution in [0.1, 0.15) is 35.7 Å². The number of carboxylic acid groups (broad SMARTS) is 1. The Bertz CT molecular complexity index is 455. The SMILES string of the molecule is COC(C)CCC(=O)N(C)Cc1ccc(C(=O)O)cc1. The van der Waals surface area contributed by atoms with Gasteiger partial charge < -0.3 is 14.7 Å². The maximum Gasteiger partial charge on any atom is 0.335 e. The summed E-state index contributed by atoms with van der Waals surface area (Å²) < 4.78 is 5.11. The highest BCUT2D eigenvalue weighted by Gasteiger charge is 2.11. The Morgan fingerprint density at radius 3 is 2.40 bits per heavy atom. The fourth-order valence-corrected chi connectivity index (χ4v) is 1.75. The molecule has 5 heteroatoms. The molecule has 5 nitrogen and oxygen atoms in total. The fraction of sp³-hybridized carbons (Fsp3) is 0.467. The van der Waals surface area contributed by atoms with Crippen molar-refractivity contribution >= 4 is 11.9 Å². The van der Waals surface area contributed by atoms with Gasteiger partial charge in [0.25, 0.3) is 0 Å². The molecule has 1 aromatic carbocycles. The molecule has 110 valence electrons. The number of carbonyl (C=O) groups excluding carboxylic acids is 1. The summed E-state index contributed by atoms with van der Waals surface area (Å²) in [5.41, 5.74) is 1.15. The quantitative estimate of drug-likeness (QED) is 0.830. The fourth-order valence-electron chi connectivity index (χ4n) is 1.75. The van der Waals surface area contributed by atoms with Crippen LogP contribution < -0.4 is 0 Å². The Labute approximate surface area is 119 Å². The second-order valence-electron chi connectivity index (χ2n) is 4.84. The van der Waals surface area contributed by atoms with Crippen molar-refractivity contribution in [3.05, 3.63) is 35.4 Å². The molecular formula is C15H21NO4. The van der Waals surface area contributed by atoms with E-state index in [1.54, 1.807) is 43.3 Å². The van der Waals surface area contributed by atoms with Crippen LogP contribution in [0.3, 0.4) is 0 Å². The van der Waals surface area contributed by atoms with Gasteiger partial charge in [-0.15, -0.1) is 0 Å². The molecule has 0 aliphatic heterocycles. The maximum atomic E-state index is 11.9. The molecule has 1 N–H and O–H groups in total. The van der Waals surface area contributed by atoms with Gasteiger partial charge in [-0.1, -0.05) is 12.1 Å². The number of amides is 1. The zero-order valence-corrected chi connectivity index (χ0v) is 12.1. The third kappa shape index (κ3) is 5.01. The molecule has 1 aromatic rings. The van der Waals surface area contributed by atoms with E-state index in [0.29, 0.717) is 19.4 Å². The van der Waals surface area contributed by atoms with Crippen molar-refractivity contribution in [2.45, 2.75) is 32.4 Å². The molecule has 0 bridgehead atoms. The smallest absolute Gasteiger partial charge is 0.335 e. The summed E-state index contributed by atoms with van der Waals surface area (Å²) in [6, 6.07) is 6.54. The van der Waals surface area contributed by atoms with Crippen molar-refractivity contribution in [1.29, 1.82) is 0 Å². The molecule has 0 saturated heterocycles. The number of carboxylic acids is 1. The molecule has 0 aromatic heterocycles. The molecule has 0 radical (unpaired) electrons. The summed E-state index contributed by atoms with van der Waals surface area (Å²) in [5, 5.41) is 8.81. The molecule has 1 unspecified atom stereocenters. The van der Waals surface area contributed by atoms with Crippen LogP contribution in [0.15, 0.2) is 24.3 Å². The Morgan fingerprint density at radius 1 is 1.30 bits per heavy atom. The normalized spacial score (nSPS) is 11.9. The minimum Gasteiger partial charge on any atom is -0.478 e. The topological polar surface area (TPSA) is 66.8 Å². The van der Waals surface area contributed by atoms with E-state index in [2.05, 4.69) is 0 Å². The number of carbonyl (C=O) groups is 2. The van der Waals surface area contributed by atoms with E-state index in [4.69, 9.17) is 9.84 Å². The Morgan fingerprint density at radius 2 is 1.90 bits per heavy atom.